The number of oxime groups is 1. The Morgan fingerprint density at radius 1 is 1.73 bits per heavy atom. The molecule has 0 aromatic carbocycles. The largest absolute Gasteiger partial charge is 0.399 e. The van der Waals surface area contributed by atoms with Gasteiger partial charge in [-0.05, 0) is 6.92 Å². The molecule has 0 saturated heterocycles. The Hall–Kier alpha value is -0.770. The second kappa shape index (κ2) is 4.96. The first-order chi connectivity index (χ1) is 5.13. The maximum atomic E-state index is 10.9. The fourth-order valence-electron chi connectivity index (χ4n) is 0.521. The number of amides is 1. The van der Waals surface area contributed by atoms with Crippen molar-refractivity contribution in [2.75, 3.05) is 14.2 Å². The van der Waals surface area contributed by atoms with Crippen LogP contribution in [-0.2, 0) is 9.63 Å². The molecule has 1 N–H and O–H groups in total. The third-order valence-corrected chi connectivity index (χ3v) is 1.23. The summed E-state index contributed by atoms with van der Waals surface area (Å²) in [6, 6.07) is 0. The van der Waals surface area contributed by atoms with Crippen LogP contribution in [0.3, 0.4) is 0 Å². The van der Waals surface area contributed by atoms with Crippen LogP contribution in [0, 0.1) is 0 Å². The van der Waals surface area contributed by atoms with E-state index >= 15 is 0 Å². The van der Waals surface area contributed by atoms with E-state index in [4.69, 9.17) is 11.6 Å². The molecule has 0 bridgehead atoms. The third kappa shape index (κ3) is 3.23. The molecule has 64 valence electrons. The number of alkyl halides is 1. The van der Waals surface area contributed by atoms with Gasteiger partial charge in [0.1, 0.15) is 7.11 Å². The summed E-state index contributed by atoms with van der Waals surface area (Å²) in [6.07, 6.45) is 0. The van der Waals surface area contributed by atoms with Crippen molar-refractivity contribution in [2.24, 2.45) is 5.16 Å². The first kappa shape index (κ1) is 10.2. The van der Waals surface area contributed by atoms with Crippen LogP contribution >= 0.6 is 11.6 Å². The molecule has 0 fully saturated rings. The molecular formula is C6H11ClN2O2. The molecule has 1 unspecified atom stereocenters. The zero-order chi connectivity index (χ0) is 8.85. The van der Waals surface area contributed by atoms with Crippen LogP contribution in [0.25, 0.3) is 0 Å². The van der Waals surface area contributed by atoms with Gasteiger partial charge in [-0.25, -0.2) is 0 Å². The van der Waals surface area contributed by atoms with Crippen molar-refractivity contribution < 1.29 is 9.63 Å². The molecule has 0 aromatic rings. The monoisotopic (exact) mass is 178 g/mol. The highest BCUT2D eigenvalue weighted by molar-refractivity contribution is 6.50. The van der Waals surface area contributed by atoms with Gasteiger partial charge in [0.2, 0.25) is 0 Å². The van der Waals surface area contributed by atoms with Crippen molar-refractivity contribution in [1.29, 1.82) is 0 Å². The van der Waals surface area contributed by atoms with Gasteiger partial charge in [0, 0.05) is 7.05 Å². The highest BCUT2D eigenvalue weighted by Gasteiger charge is 2.15. The van der Waals surface area contributed by atoms with Gasteiger partial charge in [0.25, 0.3) is 5.91 Å². The minimum atomic E-state index is -0.449. The number of nitrogens with zero attached hydrogens (tertiary/aromatic N) is 1. The van der Waals surface area contributed by atoms with Crippen molar-refractivity contribution in [3.05, 3.63) is 0 Å². The van der Waals surface area contributed by atoms with E-state index in [0.717, 1.165) is 0 Å². The van der Waals surface area contributed by atoms with E-state index in [-0.39, 0.29) is 11.6 Å². The summed E-state index contributed by atoms with van der Waals surface area (Å²) in [5.41, 5.74) is 0.177. The van der Waals surface area contributed by atoms with Crippen LogP contribution < -0.4 is 5.32 Å². The molecule has 0 aliphatic heterocycles. The van der Waals surface area contributed by atoms with Crippen molar-refractivity contribution in [2.45, 2.75) is 12.3 Å². The molecule has 0 radical (unpaired) electrons. The van der Waals surface area contributed by atoms with E-state index in [1.807, 2.05) is 0 Å². The third-order valence-electron chi connectivity index (χ3n) is 1.03. The SMILES string of the molecule is CNC(=O)C(=NOC)C(C)Cl. The molecule has 0 aliphatic carbocycles. The van der Waals surface area contributed by atoms with Crippen LogP contribution in [-0.4, -0.2) is 31.2 Å². The number of halogens is 1. The van der Waals surface area contributed by atoms with Gasteiger partial charge in [-0.2, -0.15) is 0 Å². The lowest BCUT2D eigenvalue weighted by Crippen LogP contribution is -2.32. The second-order valence-corrected chi connectivity index (χ2v) is 2.51. The molecule has 5 heteroatoms. The molecule has 4 nitrogen and oxygen atoms in total. The fraction of sp³-hybridized carbons (Fsp3) is 0.667. The van der Waals surface area contributed by atoms with Crippen LogP contribution in [0.5, 0.6) is 0 Å². The zero-order valence-corrected chi connectivity index (χ0v) is 7.47. The van der Waals surface area contributed by atoms with Crippen LogP contribution in [0.2, 0.25) is 0 Å². The molecule has 11 heavy (non-hydrogen) atoms. The fourth-order valence-corrected chi connectivity index (χ4v) is 0.660. The van der Waals surface area contributed by atoms with Crippen molar-refractivity contribution in [3.63, 3.8) is 0 Å². The summed E-state index contributed by atoms with van der Waals surface area (Å²) in [5.74, 6) is -0.325. The average Bonchev–Trinajstić information content (AvgIpc) is 1.98. The van der Waals surface area contributed by atoms with Gasteiger partial charge < -0.3 is 10.2 Å². The van der Waals surface area contributed by atoms with Crippen molar-refractivity contribution in [1.82, 2.24) is 5.32 Å². The molecular weight excluding hydrogens is 168 g/mol. The molecule has 0 aromatic heterocycles. The lowest BCUT2D eigenvalue weighted by Gasteiger charge is -2.04. The molecule has 0 heterocycles. The average molecular weight is 179 g/mol. The summed E-state index contributed by atoms with van der Waals surface area (Å²) in [4.78, 5) is 15.4. The Bertz CT molecular complexity index is 168. The Morgan fingerprint density at radius 2 is 2.27 bits per heavy atom. The van der Waals surface area contributed by atoms with E-state index in [1.165, 1.54) is 14.2 Å². The number of hydrogen-bond donors (Lipinski definition) is 1. The van der Waals surface area contributed by atoms with Crippen molar-refractivity contribution >= 4 is 23.2 Å². The summed E-state index contributed by atoms with van der Waals surface area (Å²) in [6.45, 7) is 1.65. The lowest BCUT2D eigenvalue weighted by atomic mass is 10.3. The maximum absolute atomic E-state index is 10.9. The highest BCUT2D eigenvalue weighted by atomic mass is 35.5. The topological polar surface area (TPSA) is 50.7 Å². The minimum Gasteiger partial charge on any atom is -0.399 e. The van der Waals surface area contributed by atoms with Gasteiger partial charge in [-0.1, -0.05) is 5.16 Å². The second-order valence-electron chi connectivity index (χ2n) is 1.85. The summed E-state index contributed by atoms with van der Waals surface area (Å²) < 4.78 is 0. The van der Waals surface area contributed by atoms with E-state index in [2.05, 4.69) is 15.3 Å². The quantitative estimate of drug-likeness (QED) is 0.386. The number of hydrogen-bond acceptors (Lipinski definition) is 3. The maximum Gasteiger partial charge on any atom is 0.270 e. The predicted molar refractivity (Wildman–Crippen MR) is 43.8 cm³/mol. The Labute approximate surface area is 70.5 Å². The molecule has 0 aliphatic rings. The van der Waals surface area contributed by atoms with Crippen LogP contribution in [0.4, 0.5) is 0 Å². The number of carbonyl (C=O) groups is 1. The normalized spacial score (nSPS) is 14.0. The van der Waals surface area contributed by atoms with Crippen LogP contribution in [0.1, 0.15) is 6.92 Å². The van der Waals surface area contributed by atoms with E-state index in [1.54, 1.807) is 6.92 Å². The Kier molecular flexibility index (Phi) is 4.61. The predicted octanol–water partition coefficient (Wildman–Crippen LogP) is 0.362. The van der Waals surface area contributed by atoms with Gasteiger partial charge in [-0.15, -0.1) is 11.6 Å². The van der Waals surface area contributed by atoms with E-state index in [0.29, 0.717) is 0 Å². The van der Waals surface area contributed by atoms with Crippen LogP contribution in [0.15, 0.2) is 5.16 Å². The van der Waals surface area contributed by atoms with Gasteiger partial charge in [0.05, 0.1) is 5.38 Å². The number of carbonyl (C=O) groups excluding carboxylic acids is 1. The summed E-state index contributed by atoms with van der Waals surface area (Å²) in [7, 11) is 2.87. The minimum absolute atomic E-state index is 0.177. The summed E-state index contributed by atoms with van der Waals surface area (Å²) in [5, 5.41) is 5.41. The zero-order valence-electron chi connectivity index (χ0n) is 6.72. The summed E-state index contributed by atoms with van der Waals surface area (Å²) >= 11 is 5.62. The Morgan fingerprint density at radius 3 is 2.55 bits per heavy atom. The number of nitrogens with one attached hydrogen (secondary N) is 1. The van der Waals surface area contributed by atoms with E-state index in [9.17, 15) is 4.79 Å². The highest BCUT2D eigenvalue weighted by Crippen LogP contribution is 1.98. The molecule has 1 atom stereocenters. The van der Waals surface area contributed by atoms with E-state index < -0.39 is 5.38 Å². The molecule has 0 spiro atoms. The Balaban J connectivity index is 4.34. The molecule has 0 rings (SSSR count). The van der Waals surface area contributed by atoms with Gasteiger partial charge in [0.15, 0.2) is 5.71 Å². The standard InChI is InChI=1S/C6H11ClN2O2/c1-4(7)5(9-11-3)6(10)8-2/h4H,1-3H3,(H,8,10). The lowest BCUT2D eigenvalue weighted by molar-refractivity contribution is -0.114. The van der Waals surface area contributed by atoms with Gasteiger partial charge >= 0.3 is 0 Å². The molecule has 1 amide bonds. The first-order valence-electron chi connectivity index (χ1n) is 3.10. The molecule has 0 saturated carbocycles. The van der Waals surface area contributed by atoms with Crippen molar-refractivity contribution in [3.8, 4) is 0 Å². The number of rotatable bonds is 3. The smallest absolute Gasteiger partial charge is 0.270 e. The van der Waals surface area contributed by atoms with Gasteiger partial charge in [-0.3, -0.25) is 4.79 Å². The first-order valence-corrected chi connectivity index (χ1v) is 3.54.